The smallest absolute Gasteiger partial charge is 0.274 e. The van der Waals surface area contributed by atoms with E-state index in [4.69, 9.17) is 0 Å². The Labute approximate surface area is 158 Å². The van der Waals surface area contributed by atoms with Crippen LogP contribution in [0, 0.1) is 0 Å². The lowest BCUT2D eigenvalue weighted by Crippen LogP contribution is -2.30. The van der Waals surface area contributed by atoms with Crippen LogP contribution in [0.25, 0.3) is 22.0 Å². The molecule has 1 aliphatic heterocycles. The van der Waals surface area contributed by atoms with Crippen molar-refractivity contribution in [1.29, 1.82) is 0 Å². The number of pyridine rings is 1. The quantitative estimate of drug-likeness (QED) is 0.752. The maximum atomic E-state index is 12.4. The summed E-state index contributed by atoms with van der Waals surface area (Å²) in [6.45, 7) is 1.90. The van der Waals surface area contributed by atoms with Gasteiger partial charge in [0.1, 0.15) is 5.52 Å². The first-order valence-corrected chi connectivity index (χ1v) is 11.0. The zero-order valence-electron chi connectivity index (χ0n) is 15.5. The fraction of sp³-hybridized carbons (Fsp3) is 0.350. The number of aromatic amines is 1. The van der Waals surface area contributed by atoms with Gasteiger partial charge in [0.05, 0.1) is 4.90 Å². The summed E-state index contributed by atoms with van der Waals surface area (Å²) in [6.07, 6.45) is 8.23. The minimum atomic E-state index is -3.33. The van der Waals surface area contributed by atoms with E-state index in [2.05, 4.69) is 9.88 Å². The molecule has 1 saturated heterocycles. The molecule has 6 nitrogen and oxygen atoms in total. The Morgan fingerprint density at radius 2 is 1.78 bits per heavy atom. The molecule has 27 heavy (non-hydrogen) atoms. The van der Waals surface area contributed by atoms with E-state index >= 15 is 0 Å². The summed E-state index contributed by atoms with van der Waals surface area (Å²) in [5.41, 5.74) is 3.16. The number of piperidine rings is 1. The van der Waals surface area contributed by atoms with Gasteiger partial charge in [0.2, 0.25) is 0 Å². The van der Waals surface area contributed by atoms with Gasteiger partial charge < -0.3 is 14.5 Å². The molecule has 3 aromatic rings. The molecule has 7 heteroatoms. The first kappa shape index (κ1) is 17.9. The van der Waals surface area contributed by atoms with E-state index in [1.54, 1.807) is 36.1 Å². The first-order chi connectivity index (χ1) is 12.9. The van der Waals surface area contributed by atoms with Gasteiger partial charge in [-0.3, -0.25) is 4.79 Å². The second kappa shape index (κ2) is 6.56. The highest BCUT2D eigenvalue weighted by Gasteiger charge is 2.20. The molecule has 0 atom stereocenters. The van der Waals surface area contributed by atoms with E-state index in [0.717, 1.165) is 48.1 Å². The Balaban J connectivity index is 2.02. The van der Waals surface area contributed by atoms with Gasteiger partial charge in [-0.2, -0.15) is 0 Å². The molecule has 1 aromatic carbocycles. The Morgan fingerprint density at radius 3 is 2.48 bits per heavy atom. The molecule has 2 aromatic heterocycles. The van der Waals surface area contributed by atoms with Crippen molar-refractivity contribution in [2.24, 2.45) is 7.05 Å². The number of hydrogen-bond acceptors (Lipinski definition) is 4. The lowest BCUT2D eigenvalue weighted by molar-refractivity contribution is 0.578. The van der Waals surface area contributed by atoms with Crippen LogP contribution in [-0.2, 0) is 16.9 Å². The number of anilines is 1. The molecule has 4 rings (SSSR count). The fourth-order valence-electron chi connectivity index (χ4n) is 3.86. The van der Waals surface area contributed by atoms with Crippen LogP contribution in [0.1, 0.15) is 19.3 Å². The Kier molecular flexibility index (Phi) is 4.34. The van der Waals surface area contributed by atoms with Crippen molar-refractivity contribution in [3.63, 3.8) is 0 Å². The molecule has 3 heterocycles. The van der Waals surface area contributed by atoms with Gasteiger partial charge in [-0.1, -0.05) is 0 Å². The average Bonchev–Trinajstić information content (AvgIpc) is 3.14. The Morgan fingerprint density at radius 1 is 1.04 bits per heavy atom. The minimum Gasteiger partial charge on any atom is -0.371 e. The number of H-pyrrole nitrogens is 1. The molecular weight excluding hydrogens is 362 g/mol. The van der Waals surface area contributed by atoms with E-state index in [9.17, 15) is 13.2 Å². The third kappa shape index (κ3) is 3.16. The van der Waals surface area contributed by atoms with Gasteiger partial charge in [-0.15, -0.1) is 0 Å². The number of nitrogens with zero attached hydrogens (tertiary/aromatic N) is 2. The standard InChI is InChI=1S/C20H23N3O3S/c1-22-13-17(15-8-9-21-19(15)20(22)24)16-12-14(27(2,25)26)6-7-18(16)23-10-4-3-5-11-23/h6-9,12-13,21H,3-5,10-11H2,1-2H3. The van der Waals surface area contributed by atoms with Crippen LogP contribution in [-0.4, -0.2) is 37.3 Å². The molecular formula is C20H23N3O3S. The van der Waals surface area contributed by atoms with Gasteiger partial charge in [-0.05, 0) is 43.5 Å². The molecule has 1 aliphatic rings. The number of rotatable bonds is 3. The normalized spacial score (nSPS) is 15.4. The molecule has 1 N–H and O–H groups in total. The maximum absolute atomic E-state index is 12.4. The number of aromatic nitrogens is 2. The molecule has 0 amide bonds. The van der Waals surface area contributed by atoms with Crippen LogP contribution < -0.4 is 10.5 Å². The number of benzene rings is 1. The summed E-state index contributed by atoms with van der Waals surface area (Å²) >= 11 is 0. The zero-order chi connectivity index (χ0) is 19.2. The lowest BCUT2D eigenvalue weighted by Gasteiger charge is -2.31. The second-order valence-electron chi connectivity index (χ2n) is 7.22. The second-order valence-corrected chi connectivity index (χ2v) is 9.24. The first-order valence-electron chi connectivity index (χ1n) is 9.12. The van der Waals surface area contributed by atoms with Crippen LogP contribution in [0.5, 0.6) is 0 Å². The van der Waals surface area contributed by atoms with Crippen LogP contribution >= 0.6 is 0 Å². The van der Waals surface area contributed by atoms with Gasteiger partial charge in [0.15, 0.2) is 9.84 Å². The van der Waals surface area contributed by atoms with Crippen molar-refractivity contribution in [2.75, 3.05) is 24.2 Å². The fourth-order valence-corrected chi connectivity index (χ4v) is 4.50. The predicted octanol–water partition coefficient (Wildman–Crippen LogP) is 2.93. The molecule has 1 fully saturated rings. The third-order valence-corrected chi connectivity index (χ3v) is 6.39. The largest absolute Gasteiger partial charge is 0.371 e. The molecule has 0 radical (unpaired) electrons. The van der Waals surface area contributed by atoms with E-state index in [1.807, 2.05) is 12.1 Å². The minimum absolute atomic E-state index is 0.0995. The summed E-state index contributed by atoms with van der Waals surface area (Å²) in [5.74, 6) is 0. The van der Waals surface area contributed by atoms with Crippen molar-refractivity contribution in [2.45, 2.75) is 24.2 Å². The highest BCUT2D eigenvalue weighted by Crippen LogP contribution is 2.37. The molecule has 142 valence electrons. The third-order valence-electron chi connectivity index (χ3n) is 5.28. The molecule has 0 saturated carbocycles. The average molecular weight is 385 g/mol. The van der Waals surface area contributed by atoms with Crippen molar-refractivity contribution >= 4 is 26.4 Å². The molecule has 0 bridgehead atoms. The number of nitrogens with one attached hydrogen (secondary N) is 1. The maximum Gasteiger partial charge on any atom is 0.274 e. The Bertz CT molecular complexity index is 1170. The number of fused-ring (bicyclic) bond motifs is 1. The van der Waals surface area contributed by atoms with Crippen molar-refractivity contribution < 1.29 is 8.42 Å². The van der Waals surface area contributed by atoms with E-state index < -0.39 is 9.84 Å². The Hall–Kier alpha value is -2.54. The van der Waals surface area contributed by atoms with E-state index in [-0.39, 0.29) is 10.5 Å². The topological polar surface area (TPSA) is 75.2 Å². The van der Waals surface area contributed by atoms with Gasteiger partial charge in [0, 0.05) is 61.0 Å². The predicted molar refractivity (Wildman–Crippen MR) is 108 cm³/mol. The van der Waals surface area contributed by atoms with Crippen LogP contribution in [0.4, 0.5) is 5.69 Å². The summed E-state index contributed by atoms with van der Waals surface area (Å²) in [6, 6.07) is 7.20. The molecule has 0 spiro atoms. The van der Waals surface area contributed by atoms with Crippen LogP contribution in [0.2, 0.25) is 0 Å². The number of hydrogen-bond donors (Lipinski definition) is 1. The monoisotopic (exact) mass is 385 g/mol. The zero-order valence-corrected chi connectivity index (χ0v) is 16.3. The van der Waals surface area contributed by atoms with Crippen molar-refractivity contribution in [1.82, 2.24) is 9.55 Å². The molecule has 0 aliphatic carbocycles. The highest BCUT2D eigenvalue weighted by molar-refractivity contribution is 7.90. The van der Waals surface area contributed by atoms with E-state index in [1.165, 1.54) is 12.7 Å². The SMILES string of the molecule is Cn1cc(-c2cc(S(C)(=O)=O)ccc2N2CCCCC2)c2cc[nH]c2c1=O. The summed E-state index contributed by atoms with van der Waals surface area (Å²) < 4.78 is 25.9. The van der Waals surface area contributed by atoms with Crippen LogP contribution in [0.3, 0.4) is 0 Å². The summed E-state index contributed by atoms with van der Waals surface area (Å²) in [5, 5.41) is 0.807. The lowest BCUT2D eigenvalue weighted by atomic mass is 9.99. The molecule has 0 unspecified atom stereocenters. The van der Waals surface area contributed by atoms with Crippen molar-refractivity contribution in [3.8, 4) is 11.1 Å². The van der Waals surface area contributed by atoms with Crippen molar-refractivity contribution in [3.05, 3.63) is 47.0 Å². The van der Waals surface area contributed by atoms with E-state index in [0.29, 0.717) is 5.52 Å². The highest BCUT2D eigenvalue weighted by atomic mass is 32.2. The van der Waals surface area contributed by atoms with Gasteiger partial charge >= 0.3 is 0 Å². The van der Waals surface area contributed by atoms with Gasteiger partial charge in [0.25, 0.3) is 5.56 Å². The van der Waals surface area contributed by atoms with Gasteiger partial charge in [-0.25, -0.2) is 8.42 Å². The number of aryl methyl sites for hydroxylation is 1. The number of sulfone groups is 1. The van der Waals surface area contributed by atoms with Crippen LogP contribution in [0.15, 0.2) is 46.3 Å². The summed E-state index contributed by atoms with van der Waals surface area (Å²) in [7, 11) is -1.62. The summed E-state index contributed by atoms with van der Waals surface area (Å²) in [4.78, 5) is 18.0.